The molecule has 2 rings (SSSR count). The summed E-state index contributed by atoms with van der Waals surface area (Å²) < 4.78 is 5.45. The second kappa shape index (κ2) is 7.84. The molecule has 0 saturated heterocycles. The Balaban J connectivity index is 1.98. The number of amides is 3. The smallest absolute Gasteiger partial charge is 0.316 e. The lowest BCUT2D eigenvalue weighted by atomic mass is 10.1. The summed E-state index contributed by atoms with van der Waals surface area (Å²) in [7, 11) is 0. The van der Waals surface area contributed by atoms with Crippen LogP contribution in [0.15, 0.2) is 48.5 Å². The van der Waals surface area contributed by atoms with E-state index in [0.29, 0.717) is 30.2 Å². The lowest BCUT2D eigenvalue weighted by molar-refractivity contribution is 0.0947. The molecule has 0 unspecified atom stereocenters. The summed E-state index contributed by atoms with van der Waals surface area (Å²) >= 11 is 0. The van der Waals surface area contributed by atoms with E-state index in [0.717, 1.165) is 5.56 Å². The third kappa shape index (κ3) is 4.74. The van der Waals surface area contributed by atoms with Crippen molar-refractivity contribution in [3.63, 3.8) is 0 Å². The zero-order valence-electron chi connectivity index (χ0n) is 12.8. The number of benzene rings is 2. The highest BCUT2D eigenvalue weighted by Crippen LogP contribution is 2.18. The van der Waals surface area contributed by atoms with Crippen molar-refractivity contribution in [3.05, 3.63) is 59.7 Å². The average Bonchev–Trinajstić information content (AvgIpc) is 2.54. The van der Waals surface area contributed by atoms with Crippen LogP contribution in [0.2, 0.25) is 0 Å². The molecule has 0 heterocycles. The average molecular weight is 313 g/mol. The molecule has 3 amide bonds. The highest BCUT2D eigenvalue weighted by molar-refractivity contribution is 5.96. The molecule has 2 aromatic carbocycles. The molecule has 0 atom stereocenters. The van der Waals surface area contributed by atoms with Gasteiger partial charge in [-0.05, 0) is 36.8 Å². The number of rotatable bonds is 6. The Morgan fingerprint density at radius 3 is 2.43 bits per heavy atom. The lowest BCUT2D eigenvalue weighted by Crippen LogP contribution is -2.23. The molecule has 120 valence electrons. The second-order valence-electron chi connectivity index (χ2n) is 4.80. The van der Waals surface area contributed by atoms with Crippen molar-refractivity contribution in [1.29, 1.82) is 0 Å². The molecule has 0 aliphatic heterocycles. The summed E-state index contributed by atoms with van der Waals surface area (Å²) in [5.74, 6) is 0.363. The van der Waals surface area contributed by atoms with Gasteiger partial charge in [0, 0.05) is 12.2 Å². The van der Waals surface area contributed by atoms with Gasteiger partial charge in [0.05, 0.1) is 12.2 Å². The Hall–Kier alpha value is -3.02. The van der Waals surface area contributed by atoms with Crippen molar-refractivity contribution < 1.29 is 14.3 Å². The van der Waals surface area contributed by atoms with E-state index >= 15 is 0 Å². The number of hydrogen-bond donors (Lipinski definition) is 3. The summed E-state index contributed by atoms with van der Waals surface area (Å²) in [6, 6.07) is 13.6. The number of ether oxygens (including phenoxy) is 1. The van der Waals surface area contributed by atoms with E-state index in [1.807, 2.05) is 13.0 Å². The Morgan fingerprint density at radius 1 is 1.09 bits per heavy atom. The molecule has 4 N–H and O–H groups in total. The van der Waals surface area contributed by atoms with Crippen LogP contribution < -0.4 is 21.1 Å². The highest BCUT2D eigenvalue weighted by Gasteiger charge is 2.11. The number of primary amides is 1. The molecule has 0 saturated carbocycles. The van der Waals surface area contributed by atoms with Gasteiger partial charge in [0.25, 0.3) is 5.91 Å². The van der Waals surface area contributed by atoms with E-state index in [1.165, 1.54) is 0 Å². The first kappa shape index (κ1) is 16.4. The van der Waals surface area contributed by atoms with Crippen molar-refractivity contribution in [1.82, 2.24) is 5.32 Å². The summed E-state index contributed by atoms with van der Waals surface area (Å²) in [6.07, 6.45) is 0. The van der Waals surface area contributed by atoms with E-state index in [-0.39, 0.29) is 5.91 Å². The largest absolute Gasteiger partial charge is 0.493 e. The Labute approximate surface area is 134 Å². The summed E-state index contributed by atoms with van der Waals surface area (Å²) in [4.78, 5) is 23.0. The van der Waals surface area contributed by atoms with Crippen LogP contribution in [0.4, 0.5) is 10.5 Å². The molecule has 6 heteroatoms. The summed E-state index contributed by atoms with van der Waals surface area (Å²) in [5.41, 5.74) is 7.06. The predicted molar refractivity (Wildman–Crippen MR) is 88.4 cm³/mol. The molecule has 0 spiro atoms. The zero-order chi connectivity index (χ0) is 16.7. The number of anilines is 1. The number of nitrogens with two attached hydrogens (primary N) is 1. The number of carbonyl (C=O) groups is 2. The summed E-state index contributed by atoms with van der Waals surface area (Å²) in [5, 5.41) is 5.32. The van der Waals surface area contributed by atoms with Gasteiger partial charge in [0.15, 0.2) is 0 Å². The Morgan fingerprint density at radius 2 is 1.78 bits per heavy atom. The van der Waals surface area contributed by atoms with E-state index in [9.17, 15) is 9.59 Å². The van der Waals surface area contributed by atoms with Crippen molar-refractivity contribution in [2.45, 2.75) is 13.5 Å². The standard InChI is InChI=1S/C17H19N3O3/c1-2-23-15-6-4-3-5-14(15)16(21)19-11-12-7-9-13(10-8-12)20-17(18)22/h3-10H,2,11H2,1H3,(H,19,21)(H3,18,20,22). The fraction of sp³-hybridized carbons (Fsp3) is 0.176. The SMILES string of the molecule is CCOc1ccccc1C(=O)NCc1ccc(NC(N)=O)cc1. The first-order valence-electron chi connectivity index (χ1n) is 7.25. The first-order valence-corrected chi connectivity index (χ1v) is 7.25. The Kier molecular flexibility index (Phi) is 5.57. The molecule has 0 bridgehead atoms. The van der Waals surface area contributed by atoms with Crippen LogP contribution in [0.1, 0.15) is 22.8 Å². The van der Waals surface area contributed by atoms with Gasteiger partial charge in [-0.25, -0.2) is 4.79 Å². The minimum absolute atomic E-state index is 0.201. The lowest BCUT2D eigenvalue weighted by Gasteiger charge is -2.10. The number of carbonyl (C=O) groups excluding carboxylic acids is 2. The van der Waals surface area contributed by atoms with Gasteiger partial charge in [-0.2, -0.15) is 0 Å². The van der Waals surface area contributed by atoms with Crippen molar-refractivity contribution in [3.8, 4) is 5.75 Å². The molecular weight excluding hydrogens is 294 g/mol. The van der Waals surface area contributed by atoms with Crippen LogP contribution in [0, 0.1) is 0 Å². The Bertz CT molecular complexity index is 684. The van der Waals surface area contributed by atoms with Gasteiger partial charge >= 0.3 is 6.03 Å². The van der Waals surface area contributed by atoms with Crippen LogP contribution in [-0.4, -0.2) is 18.5 Å². The van der Waals surface area contributed by atoms with Crippen LogP contribution in [0.3, 0.4) is 0 Å². The maximum absolute atomic E-state index is 12.3. The van der Waals surface area contributed by atoms with Gasteiger partial charge in [0.1, 0.15) is 5.75 Å². The normalized spacial score (nSPS) is 9.96. The number of nitrogens with one attached hydrogen (secondary N) is 2. The topological polar surface area (TPSA) is 93.4 Å². The molecule has 0 aromatic heterocycles. The van der Waals surface area contributed by atoms with Crippen molar-refractivity contribution >= 4 is 17.6 Å². The molecule has 6 nitrogen and oxygen atoms in total. The third-order valence-electron chi connectivity index (χ3n) is 3.11. The molecular formula is C17H19N3O3. The van der Waals surface area contributed by atoms with Crippen molar-refractivity contribution in [2.75, 3.05) is 11.9 Å². The minimum atomic E-state index is -0.612. The molecule has 0 aliphatic rings. The molecule has 0 fully saturated rings. The summed E-state index contributed by atoms with van der Waals surface area (Å²) in [6.45, 7) is 2.74. The van der Waals surface area contributed by atoms with Crippen LogP contribution in [-0.2, 0) is 6.54 Å². The fourth-order valence-electron chi connectivity index (χ4n) is 2.06. The molecule has 0 radical (unpaired) electrons. The van der Waals surface area contributed by atoms with E-state index in [1.54, 1.807) is 42.5 Å². The number of para-hydroxylation sites is 1. The minimum Gasteiger partial charge on any atom is -0.493 e. The quantitative estimate of drug-likeness (QED) is 0.765. The fourth-order valence-corrected chi connectivity index (χ4v) is 2.06. The highest BCUT2D eigenvalue weighted by atomic mass is 16.5. The monoisotopic (exact) mass is 313 g/mol. The first-order chi connectivity index (χ1) is 11.1. The predicted octanol–water partition coefficient (Wildman–Crippen LogP) is 2.51. The van der Waals surface area contributed by atoms with Crippen LogP contribution in [0.25, 0.3) is 0 Å². The van der Waals surface area contributed by atoms with Gasteiger partial charge in [-0.15, -0.1) is 0 Å². The van der Waals surface area contributed by atoms with Crippen molar-refractivity contribution in [2.24, 2.45) is 5.73 Å². The van der Waals surface area contributed by atoms with Gasteiger partial charge in [-0.3, -0.25) is 4.79 Å². The van der Waals surface area contributed by atoms with Gasteiger partial charge < -0.3 is 21.1 Å². The second-order valence-corrected chi connectivity index (χ2v) is 4.80. The van der Waals surface area contributed by atoms with Crippen LogP contribution >= 0.6 is 0 Å². The zero-order valence-corrected chi connectivity index (χ0v) is 12.8. The maximum atomic E-state index is 12.3. The van der Waals surface area contributed by atoms with E-state index in [2.05, 4.69) is 10.6 Å². The van der Waals surface area contributed by atoms with Gasteiger partial charge in [0.2, 0.25) is 0 Å². The van der Waals surface area contributed by atoms with Crippen LogP contribution in [0.5, 0.6) is 5.75 Å². The van der Waals surface area contributed by atoms with Gasteiger partial charge in [-0.1, -0.05) is 24.3 Å². The molecule has 23 heavy (non-hydrogen) atoms. The maximum Gasteiger partial charge on any atom is 0.316 e. The third-order valence-corrected chi connectivity index (χ3v) is 3.11. The molecule has 2 aromatic rings. The number of hydrogen-bond acceptors (Lipinski definition) is 3. The van der Waals surface area contributed by atoms with E-state index in [4.69, 9.17) is 10.5 Å². The molecule has 0 aliphatic carbocycles. The number of urea groups is 1. The van der Waals surface area contributed by atoms with E-state index < -0.39 is 6.03 Å².